The fourth-order valence-corrected chi connectivity index (χ4v) is 2.60. The summed E-state index contributed by atoms with van der Waals surface area (Å²) < 4.78 is 0. The molecular formula is C16H18N2O. The molecule has 0 saturated heterocycles. The number of benzene rings is 1. The van der Waals surface area contributed by atoms with Crippen molar-refractivity contribution in [1.82, 2.24) is 4.98 Å². The van der Waals surface area contributed by atoms with E-state index in [1.54, 1.807) is 6.07 Å². The van der Waals surface area contributed by atoms with E-state index in [4.69, 9.17) is 0 Å². The first-order valence-corrected chi connectivity index (χ1v) is 6.73. The van der Waals surface area contributed by atoms with Crippen LogP contribution < -0.4 is 5.32 Å². The van der Waals surface area contributed by atoms with E-state index >= 15 is 0 Å². The number of aromatic hydroxyl groups is 1. The molecule has 0 aliphatic heterocycles. The van der Waals surface area contributed by atoms with Crippen LogP contribution in [-0.2, 0) is 19.4 Å². The van der Waals surface area contributed by atoms with Gasteiger partial charge in [-0.1, -0.05) is 6.07 Å². The predicted molar refractivity (Wildman–Crippen MR) is 76.4 cm³/mol. The topological polar surface area (TPSA) is 45.1 Å². The van der Waals surface area contributed by atoms with Crippen LogP contribution in [0.1, 0.15) is 28.9 Å². The minimum absolute atomic E-state index is 0.249. The van der Waals surface area contributed by atoms with Crippen LogP contribution >= 0.6 is 0 Å². The molecule has 1 aliphatic rings. The number of anilines is 1. The lowest BCUT2D eigenvalue weighted by atomic mass is 10.1. The molecule has 98 valence electrons. The Morgan fingerprint density at radius 3 is 2.89 bits per heavy atom. The average Bonchev–Trinajstić information content (AvgIpc) is 2.87. The normalized spacial score (nSPS) is 13.3. The van der Waals surface area contributed by atoms with Crippen LogP contribution in [-0.4, -0.2) is 10.1 Å². The molecule has 0 unspecified atom stereocenters. The van der Waals surface area contributed by atoms with Gasteiger partial charge < -0.3 is 10.4 Å². The summed E-state index contributed by atoms with van der Waals surface area (Å²) in [6, 6.07) is 10.0. The largest absolute Gasteiger partial charge is 0.506 e. The van der Waals surface area contributed by atoms with Crippen molar-refractivity contribution < 1.29 is 5.11 Å². The van der Waals surface area contributed by atoms with Gasteiger partial charge in [-0.2, -0.15) is 0 Å². The van der Waals surface area contributed by atoms with Crippen molar-refractivity contribution in [3.05, 3.63) is 52.8 Å². The molecule has 0 atom stereocenters. The highest BCUT2D eigenvalue weighted by Gasteiger charge is 2.11. The summed E-state index contributed by atoms with van der Waals surface area (Å²) in [5.74, 6) is 0.249. The van der Waals surface area contributed by atoms with E-state index in [1.807, 2.05) is 13.0 Å². The van der Waals surface area contributed by atoms with Gasteiger partial charge in [0.2, 0.25) is 0 Å². The third kappa shape index (κ3) is 2.55. The molecule has 1 aromatic heterocycles. The number of rotatable bonds is 3. The van der Waals surface area contributed by atoms with Gasteiger partial charge in [-0.25, -0.2) is 0 Å². The van der Waals surface area contributed by atoms with Crippen LogP contribution in [0.5, 0.6) is 5.75 Å². The molecule has 0 fully saturated rings. The van der Waals surface area contributed by atoms with Crippen LogP contribution in [0.3, 0.4) is 0 Å². The first-order chi connectivity index (χ1) is 9.22. The Morgan fingerprint density at radius 2 is 2.00 bits per heavy atom. The van der Waals surface area contributed by atoms with Crippen molar-refractivity contribution in [2.45, 2.75) is 32.7 Å². The second-order valence-corrected chi connectivity index (χ2v) is 5.11. The summed E-state index contributed by atoms with van der Waals surface area (Å²) >= 11 is 0. The number of hydrogen-bond acceptors (Lipinski definition) is 3. The molecular weight excluding hydrogens is 236 g/mol. The maximum atomic E-state index is 9.77. The van der Waals surface area contributed by atoms with E-state index in [2.05, 4.69) is 28.5 Å². The van der Waals surface area contributed by atoms with Gasteiger partial charge in [-0.15, -0.1) is 0 Å². The lowest BCUT2D eigenvalue weighted by Crippen LogP contribution is -2.03. The summed E-state index contributed by atoms with van der Waals surface area (Å²) in [6.45, 7) is 2.48. The molecule has 0 bridgehead atoms. The maximum Gasteiger partial charge on any atom is 0.138 e. The van der Waals surface area contributed by atoms with Crippen LogP contribution in [0.4, 0.5) is 5.69 Å². The number of nitrogens with zero attached hydrogens (tertiary/aromatic N) is 1. The molecule has 2 aromatic rings. The lowest BCUT2D eigenvalue weighted by Gasteiger charge is -2.09. The number of aromatic nitrogens is 1. The molecule has 0 amide bonds. The van der Waals surface area contributed by atoms with Gasteiger partial charge in [0, 0.05) is 11.4 Å². The highest BCUT2D eigenvalue weighted by Crippen LogP contribution is 2.25. The van der Waals surface area contributed by atoms with Crippen molar-refractivity contribution in [2.75, 3.05) is 5.32 Å². The van der Waals surface area contributed by atoms with Crippen LogP contribution in [0.2, 0.25) is 0 Å². The molecule has 19 heavy (non-hydrogen) atoms. The Hall–Kier alpha value is -2.03. The third-order valence-electron chi connectivity index (χ3n) is 3.65. The van der Waals surface area contributed by atoms with Crippen LogP contribution in [0.15, 0.2) is 30.3 Å². The van der Waals surface area contributed by atoms with Crippen LogP contribution in [0, 0.1) is 6.92 Å². The van der Waals surface area contributed by atoms with Crippen molar-refractivity contribution in [3.63, 3.8) is 0 Å². The van der Waals surface area contributed by atoms with Crippen LogP contribution in [0.25, 0.3) is 0 Å². The summed E-state index contributed by atoms with van der Waals surface area (Å²) in [6.07, 6.45) is 3.65. The Balaban J connectivity index is 1.74. The molecule has 3 rings (SSSR count). The minimum Gasteiger partial charge on any atom is -0.506 e. The summed E-state index contributed by atoms with van der Waals surface area (Å²) in [5.41, 5.74) is 5.64. The Morgan fingerprint density at radius 1 is 1.16 bits per heavy atom. The zero-order chi connectivity index (χ0) is 13.2. The maximum absolute atomic E-state index is 9.77. The van der Waals surface area contributed by atoms with Crippen molar-refractivity contribution in [2.24, 2.45) is 0 Å². The predicted octanol–water partition coefficient (Wildman–Crippen LogP) is 3.20. The smallest absolute Gasteiger partial charge is 0.138 e. The summed E-state index contributed by atoms with van der Waals surface area (Å²) in [7, 11) is 0. The second kappa shape index (κ2) is 4.92. The lowest BCUT2D eigenvalue weighted by molar-refractivity contribution is 0.464. The molecule has 0 spiro atoms. The van der Waals surface area contributed by atoms with Gasteiger partial charge in [0.1, 0.15) is 11.4 Å². The van der Waals surface area contributed by atoms with Gasteiger partial charge in [-0.3, -0.25) is 4.98 Å². The molecule has 0 radical (unpaired) electrons. The number of nitrogens with one attached hydrogen (secondary N) is 1. The number of fused-ring (bicyclic) bond motifs is 1. The SMILES string of the molecule is Cc1ccc(O)c(CNc2ccc3c(c2)CCC3)n1. The average molecular weight is 254 g/mol. The molecule has 0 saturated carbocycles. The fourth-order valence-electron chi connectivity index (χ4n) is 2.60. The van der Waals surface area contributed by atoms with Gasteiger partial charge in [0.15, 0.2) is 0 Å². The van der Waals surface area contributed by atoms with Crippen molar-refractivity contribution in [1.29, 1.82) is 0 Å². The second-order valence-electron chi connectivity index (χ2n) is 5.11. The minimum atomic E-state index is 0.249. The zero-order valence-corrected chi connectivity index (χ0v) is 11.1. The fraction of sp³-hybridized carbons (Fsp3) is 0.312. The Kier molecular flexibility index (Phi) is 3.11. The highest BCUT2D eigenvalue weighted by molar-refractivity contribution is 5.50. The van der Waals surface area contributed by atoms with E-state index < -0.39 is 0 Å². The van der Waals surface area contributed by atoms with E-state index in [-0.39, 0.29) is 5.75 Å². The molecule has 3 heteroatoms. The number of pyridine rings is 1. The van der Waals surface area contributed by atoms with E-state index in [0.29, 0.717) is 12.2 Å². The van der Waals surface area contributed by atoms with Gasteiger partial charge in [0.25, 0.3) is 0 Å². The number of hydrogen-bond donors (Lipinski definition) is 2. The van der Waals surface area contributed by atoms with Gasteiger partial charge in [0.05, 0.1) is 6.54 Å². The quantitative estimate of drug-likeness (QED) is 0.884. The first-order valence-electron chi connectivity index (χ1n) is 6.73. The monoisotopic (exact) mass is 254 g/mol. The first kappa shape index (κ1) is 12.0. The zero-order valence-electron chi connectivity index (χ0n) is 11.1. The Bertz CT molecular complexity index is 608. The third-order valence-corrected chi connectivity index (χ3v) is 3.65. The Labute approximate surface area is 113 Å². The van der Waals surface area contributed by atoms with E-state index in [0.717, 1.165) is 11.4 Å². The number of aryl methyl sites for hydroxylation is 3. The molecule has 2 N–H and O–H groups in total. The summed E-state index contributed by atoms with van der Waals surface area (Å²) in [5, 5.41) is 13.1. The summed E-state index contributed by atoms with van der Waals surface area (Å²) in [4.78, 5) is 4.35. The highest BCUT2D eigenvalue weighted by atomic mass is 16.3. The molecule has 1 aliphatic carbocycles. The van der Waals surface area contributed by atoms with E-state index in [1.165, 1.54) is 30.4 Å². The van der Waals surface area contributed by atoms with Crippen molar-refractivity contribution in [3.8, 4) is 5.75 Å². The molecule has 1 aromatic carbocycles. The molecule has 3 nitrogen and oxygen atoms in total. The van der Waals surface area contributed by atoms with Crippen molar-refractivity contribution >= 4 is 5.69 Å². The van der Waals surface area contributed by atoms with Gasteiger partial charge in [-0.05, 0) is 61.6 Å². The molecule has 1 heterocycles. The standard InChI is InChI=1S/C16H18N2O/c1-11-5-8-16(19)15(18-11)10-17-14-7-6-12-3-2-4-13(12)9-14/h5-9,17,19H,2-4,10H2,1H3. The van der Waals surface area contributed by atoms with E-state index in [9.17, 15) is 5.11 Å². The van der Waals surface area contributed by atoms with Gasteiger partial charge >= 0.3 is 0 Å².